The zero-order valence-corrected chi connectivity index (χ0v) is 18.3. The Morgan fingerprint density at radius 2 is 0.966 bits per heavy atom. The molecule has 0 radical (unpaired) electrons. The van der Waals surface area contributed by atoms with Gasteiger partial charge in [0.1, 0.15) is 22.8 Å². The second-order valence-corrected chi connectivity index (χ2v) is 9.74. The van der Waals surface area contributed by atoms with Crippen LogP contribution in [0.3, 0.4) is 0 Å². The van der Waals surface area contributed by atoms with Crippen molar-refractivity contribution in [2.75, 3.05) is 0 Å². The molecule has 0 aliphatic heterocycles. The molecule has 0 saturated carbocycles. The third-order valence-electron chi connectivity index (χ3n) is 3.97. The summed E-state index contributed by atoms with van der Waals surface area (Å²) >= 11 is 6.25. The molecule has 0 aromatic carbocycles. The van der Waals surface area contributed by atoms with Crippen LogP contribution in [0.2, 0.25) is 0 Å². The molecular weight excluding hydrogens is 465 g/mol. The molecule has 0 saturated heterocycles. The van der Waals surface area contributed by atoms with Crippen molar-refractivity contribution in [2.45, 2.75) is 0 Å². The van der Waals surface area contributed by atoms with E-state index in [1.54, 1.807) is 12.1 Å². The summed E-state index contributed by atoms with van der Waals surface area (Å²) in [5.74, 6) is 0. The van der Waals surface area contributed by atoms with Gasteiger partial charge in [-0.15, -0.1) is 34.0 Å². The predicted molar refractivity (Wildman–Crippen MR) is 121 cm³/mol. The lowest BCUT2D eigenvalue weighted by molar-refractivity contribution is 1.37. The number of thiophene rings is 3. The van der Waals surface area contributed by atoms with Crippen LogP contribution in [0.25, 0.3) is 42.3 Å². The first kappa shape index (κ1) is 18.6. The summed E-state index contributed by atoms with van der Waals surface area (Å²) in [5, 5.41) is 3.81. The smallest absolute Gasteiger partial charge is 0.234 e. The van der Waals surface area contributed by atoms with Gasteiger partial charge in [0.05, 0.1) is 43.0 Å². The third kappa shape index (κ3) is 3.40. The Hall–Kier alpha value is -2.44. The molecule has 6 nitrogen and oxygen atoms in total. The molecule has 142 valence electrons. The van der Waals surface area contributed by atoms with E-state index in [-0.39, 0.29) is 10.9 Å². The molecule has 0 fully saturated rings. The van der Waals surface area contributed by atoms with Crippen LogP contribution >= 0.6 is 57.5 Å². The van der Waals surface area contributed by atoms with E-state index in [0.29, 0.717) is 32.5 Å². The van der Waals surface area contributed by atoms with Crippen molar-refractivity contribution in [1.29, 1.82) is 0 Å². The van der Waals surface area contributed by atoms with E-state index in [0.717, 1.165) is 33.2 Å². The largest absolute Gasteiger partial charge is 0.285 e. The van der Waals surface area contributed by atoms with E-state index in [9.17, 15) is 9.59 Å². The van der Waals surface area contributed by atoms with Gasteiger partial charge in [0.2, 0.25) is 10.9 Å². The lowest BCUT2D eigenvalue weighted by atomic mass is 10.2. The molecule has 0 unspecified atom stereocenters. The summed E-state index contributed by atoms with van der Waals surface area (Å²) in [4.78, 5) is 28.8. The SMILES string of the molecule is O=c1c(-c2cccs2)nsnc1-c1ccc(-c2nsnc(-c3cccs3)c2=O)s1. The minimum Gasteiger partial charge on any atom is -0.285 e. The van der Waals surface area contributed by atoms with Crippen LogP contribution in [0, 0.1) is 0 Å². The van der Waals surface area contributed by atoms with E-state index in [4.69, 9.17) is 0 Å². The highest BCUT2D eigenvalue weighted by molar-refractivity contribution is 7.19. The second kappa shape index (κ2) is 7.76. The summed E-state index contributed by atoms with van der Waals surface area (Å²) in [5.41, 5.74) is 1.05. The van der Waals surface area contributed by atoms with E-state index < -0.39 is 0 Å². The van der Waals surface area contributed by atoms with Crippen molar-refractivity contribution < 1.29 is 0 Å². The topological polar surface area (TPSA) is 85.7 Å². The van der Waals surface area contributed by atoms with Crippen molar-refractivity contribution in [2.24, 2.45) is 0 Å². The Balaban J connectivity index is 1.58. The van der Waals surface area contributed by atoms with Crippen LogP contribution < -0.4 is 10.9 Å². The fraction of sp³-hybridized carbons (Fsp3) is 0. The van der Waals surface area contributed by atoms with E-state index >= 15 is 0 Å². The average molecular weight is 473 g/mol. The maximum absolute atomic E-state index is 12.9. The van der Waals surface area contributed by atoms with Crippen molar-refractivity contribution in [3.05, 3.63) is 67.6 Å². The molecule has 0 aliphatic rings. The molecule has 5 rings (SSSR count). The minimum absolute atomic E-state index is 0.216. The quantitative estimate of drug-likeness (QED) is 0.367. The van der Waals surface area contributed by atoms with Crippen LogP contribution in [0.5, 0.6) is 0 Å². The first-order valence-corrected chi connectivity index (χ1v) is 12.2. The molecule has 5 aromatic rings. The normalized spacial score (nSPS) is 11.0. The lowest BCUT2D eigenvalue weighted by Crippen LogP contribution is -2.09. The molecule has 0 bridgehead atoms. The van der Waals surface area contributed by atoms with Gasteiger partial charge in [-0.05, 0) is 35.0 Å². The second-order valence-electron chi connectivity index (χ2n) is 5.70. The molecule has 0 aliphatic carbocycles. The van der Waals surface area contributed by atoms with E-state index in [1.807, 2.05) is 35.0 Å². The Bertz CT molecular complexity index is 1290. The third-order valence-corrected chi connectivity index (χ3v) is 7.88. The van der Waals surface area contributed by atoms with Gasteiger partial charge in [-0.25, -0.2) is 0 Å². The monoisotopic (exact) mass is 472 g/mol. The van der Waals surface area contributed by atoms with Gasteiger partial charge in [0, 0.05) is 0 Å². The van der Waals surface area contributed by atoms with Crippen molar-refractivity contribution in [1.82, 2.24) is 17.5 Å². The lowest BCUT2D eigenvalue weighted by Gasteiger charge is -1.99. The first-order chi connectivity index (χ1) is 14.2. The summed E-state index contributed by atoms with van der Waals surface area (Å²) in [7, 11) is 0. The van der Waals surface area contributed by atoms with Gasteiger partial charge >= 0.3 is 0 Å². The standard InChI is InChI=1S/C18H8N4O2S5/c23-17-13(9-3-1-7-25-9)19-28-21-15(17)11-5-6-12(27-11)16-18(24)14(20-29-22-16)10-4-2-8-26-10/h1-8H. The zero-order chi connectivity index (χ0) is 19.8. The molecule has 5 heterocycles. The van der Waals surface area contributed by atoms with E-state index in [1.165, 1.54) is 34.0 Å². The van der Waals surface area contributed by atoms with Gasteiger partial charge in [0.25, 0.3) is 0 Å². The van der Waals surface area contributed by atoms with Crippen molar-refractivity contribution in [3.8, 4) is 42.3 Å². The van der Waals surface area contributed by atoms with Crippen molar-refractivity contribution >= 4 is 57.5 Å². The van der Waals surface area contributed by atoms with Crippen molar-refractivity contribution in [3.63, 3.8) is 0 Å². The van der Waals surface area contributed by atoms with E-state index in [2.05, 4.69) is 17.5 Å². The number of rotatable bonds is 4. The summed E-state index contributed by atoms with van der Waals surface area (Å²) < 4.78 is 16.8. The Morgan fingerprint density at radius 1 is 0.552 bits per heavy atom. The van der Waals surface area contributed by atoms with Gasteiger partial charge in [0.15, 0.2) is 0 Å². The highest BCUT2D eigenvalue weighted by Crippen LogP contribution is 2.32. The molecule has 29 heavy (non-hydrogen) atoms. The fourth-order valence-electron chi connectivity index (χ4n) is 2.64. The van der Waals surface area contributed by atoms with Crippen LogP contribution in [0.1, 0.15) is 0 Å². The highest BCUT2D eigenvalue weighted by Gasteiger charge is 2.19. The van der Waals surface area contributed by atoms with Gasteiger partial charge in [-0.1, -0.05) is 12.1 Å². The Morgan fingerprint density at radius 3 is 1.34 bits per heavy atom. The van der Waals surface area contributed by atoms with Crippen LogP contribution in [0.4, 0.5) is 0 Å². The van der Waals surface area contributed by atoms with Gasteiger partial charge in [-0.2, -0.15) is 17.5 Å². The Kier molecular flexibility index (Phi) is 4.97. The zero-order valence-electron chi connectivity index (χ0n) is 14.3. The highest BCUT2D eigenvalue weighted by atomic mass is 32.1. The minimum atomic E-state index is -0.216. The van der Waals surface area contributed by atoms with Crippen LogP contribution in [-0.2, 0) is 0 Å². The van der Waals surface area contributed by atoms with Crippen LogP contribution in [0.15, 0.2) is 56.7 Å². The number of hydrogen-bond donors (Lipinski definition) is 0. The summed E-state index contributed by atoms with van der Waals surface area (Å²) in [6.45, 7) is 0. The molecule has 0 amide bonds. The summed E-state index contributed by atoms with van der Waals surface area (Å²) in [6, 6.07) is 11.1. The molecule has 5 aromatic heterocycles. The molecule has 0 N–H and O–H groups in total. The number of nitrogens with zero attached hydrogens (tertiary/aromatic N) is 4. The molecule has 11 heteroatoms. The predicted octanol–water partition coefficient (Wildman–Crippen LogP) is 4.96. The Labute approximate surface area is 184 Å². The molecule has 0 atom stereocenters. The fourth-order valence-corrected chi connectivity index (χ4v) is 6.41. The first-order valence-electron chi connectivity index (χ1n) is 8.14. The molecular formula is C18H8N4O2S5. The van der Waals surface area contributed by atoms with Gasteiger partial charge in [-0.3, -0.25) is 9.59 Å². The molecule has 0 spiro atoms. The van der Waals surface area contributed by atoms with Crippen LogP contribution in [-0.4, -0.2) is 17.5 Å². The van der Waals surface area contributed by atoms with Gasteiger partial charge < -0.3 is 0 Å². The maximum Gasteiger partial charge on any atom is 0.234 e. The number of hydrogen-bond acceptors (Lipinski definition) is 11. The average Bonchev–Trinajstić information content (AvgIpc) is 3.50. The maximum atomic E-state index is 12.9. The number of aromatic nitrogens is 4. The summed E-state index contributed by atoms with van der Waals surface area (Å²) in [6.07, 6.45) is 0.